The van der Waals surface area contributed by atoms with Crippen LogP contribution in [0.4, 0.5) is 0 Å². The van der Waals surface area contributed by atoms with Crippen LogP contribution in [0.3, 0.4) is 0 Å². The van der Waals surface area contributed by atoms with Gasteiger partial charge >= 0.3 is 14.8 Å². The van der Waals surface area contributed by atoms with Crippen LogP contribution in [-0.4, -0.2) is 45.8 Å². The van der Waals surface area contributed by atoms with Crippen molar-refractivity contribution in [2.75, 3.05) is 26.1 Å². The van der Waals surface area contributed by atoms with E-state index in [2.05, 4.69) is 4.98 Å². The number of esters is 1. The van der Waals surface area contributed by atoms with Crippen molar-refractivity contribution in [2.45, 2.75) is 20.8 Å². The number of nitrogens with zero attached hydrogens (tertiary/aromatic N) is 1. The number of hydrogen-bond donors (Lipinski definition) is 0. The Hall–Kier alpha value is -1.28. The highest BCUT2D eigenvalue weighted by atomic mass is 28.4. The van der Waals surface area contributed by atoms with Gasteiger partial charge in [-0.15, -0.1) is 0 Å². The molecular formula is C13H21NO5Si. The second-order valence-electron chi connectivity index (χ2n) is 3.77. The Morgan fingerprint density at radius 2 is 1.70 bits per heavy atom. The third-order valence-corrected chi connectivity index (χ3v) is 5.03. The average Bonchev–Trinajstić information content (AvgIpc) is 2.46. The average molecular weight is 299 g/mol. The van der Waals surface area contributed by atoms with Crippen LogP contribution >= 0.6 is 0 Å². The predicted octanol–water partition coefficient (Wildman–Crippen LogP) is 1.83. The summed E-state index contributed by atoms with van der Waals surface area (Å²) in [5.41, 5.74) is 0.250. The van der Waals surface area contributed by atoms with E-state index in [0.717, 1.165) is 0 Å². The molecule has 1 rings (SSSR count). The smallest absolute Gasteiger partial charge is 0.456 e. The van der Waals surface area contributed by atoms with Gasteiger partial charge in [-0.2, -0.15) is 0 Å². The molecule has 1 aromatic heterocycles. The Morgan fingerprint density at radius 1 is 1.10 bits per heavy atom. The molecule has 0 bridgehead atoms. The first-order valence-corrected chi connectivity index (χ1v) is 8.60. The molecule has 112 valence electrons. The molecule has 0 unspecified atom stereocenters. The highest BCUT2D eigenvalue weighted by Crippen LogP contribution is 2.12. The van der Waals surface area contributed by atoms with Gasteiger partial charge in [0.05, 0.1) is 0 Å². The number of rotatable bonds is 9. The van der Waals surface area contributed by atoms with Crippen molar-refractivity contribution >= 4 is 14.8 Å². The summed E-state index contributed by atoms with van der Waals surface area (Å²) in [5, 5.41) is 0. The molecule has 0 amide bonds. The van der Waals surface area contributed by atoms with E-state index in [9.17, 15) is 4.79 Å². The second-order valence-corrected chi connectivity index (χ2v) is 6.29. The standard InChI is InChI=1S/C13H21NO5Si/c1-4-17-20(18-5-2,19-6-3)11-16-13(15)12-9-7-8-10-14-12/h7-10H,4-6,11H2,1-3H3. The molecule has 0 saturated carbocycles. The zero-order valence-electron chi connectivity index (χ0n) is 12.1. The molecule has 0 radical (unpaired) electrons. The second kappa shape index (κ2) is 8.80. The van der Waals surface area contributed by atoms with Gasteiger partial charge in [-0.1, -0.05) is 6.07 Å². The van der Waals surface area contributed by atoms with Crippen LogP contribution in [-0.2, 0) is 18.0 Å². The molecule has 0 N–H and O–H groups in total. The fourth-order valence-corrected chi connectivity index (χ4v) is 3.75. The Kier molecular flexibility index (Phi) is 7.38. The molecule has 0 fully saturated rings. The SMILES string of the molecule is CCO[Si](COC(=O)c1ccccn1)(OCC)OCC. The number of pyridine rings is 1. The molecule has 7 heteroatoms. The summed E-state index contributed by atoms with van der Waals surface area (Å²) in [6.45, 7) is 6.86. The van der Waals surface area contributed by atoms with E-state index < -0.39 is 14.8 Å². The van der Waals surface area contributed by atoms with Crippen LogP contribution in [0.2, 0.25) is 0 Å². The first-order chi connectivity index (χ1) is 9.67. The molecule has 0 atom stereocenters. The molecule has 0 aliphatic carbocycles. The van der Waals surface area contributed by atoms with Gasteiger partial charge < -0.3 is 18.0 Å². The van der Waals surface area contributed by atoms with Crippen molar-refractivity contribution < 1.29 is 22.8 Å². The summed E-state index contributed by atoms with van der Waals surface area (Å²) in [6, 6.07) is 5.05. The lowest BCUT2D eigenvalue weighted by atomic mass is 10.4. The van der Waals surface area contributed by atoms with E-state index in [1.807, 2.05) is 20.8 Å². The Bertz CT molecular complexity index is 384. The van der Waals surface area contributed by atoms with E-state index in [1.165, 1.54) is 6.20 Å². The normalized spacial score (nSPS) is 11.3. The number of carbonyl (C=O) groups excluding carboxylic acids is 1. The number of ether oxygens (including phenoxy) is 1. The molecule has 0 spiro atoms. The van der Waals surface area contributed by atoms with E-state index in [0.29, 0.717) is 19.8 Å². The number of hydrogen-bond acceptors (Lipinski definition) is 6. The lowest BCUT2D eigenvalue weighted by Gasteiger charge is -2.27. The lowest BCUT2D eigenvalue weighted by Crippen LogP contribution is -2.51. The lowest BCUT2D eigenvalue weighted by molar-refractivity contribution is 0.0244. The molecule has 0 aromatic carbocycles. The van der Waals surface area contributed by atoms with Crippen molar-refractivity contribution in [3.63, 3.8) is 0 Å². The fraction of sp³-hybridized carbons (Fsp3) is 0.538. The minimum Gasteiger partial charge on any atom is -0.456 e. The maximum Gasteiger partial charge on any atom is 0.540 e. The van der Waals surface area contributed by atoms with Crippen LogP contribution in [0, 0.1) is 0 Å². The van der Waals surface area contributed by atoms with Gasteiger partial charge in [0.15, 0.2) is 6.23 Å². The minimum atomic E-state index is -2.96. The Balaban J connectivity index is 2.67. The molecule has 0 aliphatic heterocycles. The van der Waals surface area contributed by atoms with E-state index in [-0.39, 0.29) is 11.9 Å². The third kappa shape index (κ3) is 5.01. The zero-order valence-corrected chi connectivity index (χ0v) is 13.1. The van der Waals surface area contributed by atoms with E-state index in [1.54, 1.807) is 18.2 Å². The fourth-order valence-electron chi connectivity index (χ4n) is 1.62. The van der Waals surface area contributed by atoms with E-state index >= 15 is 0 Å². The van der Waals surface area contributed by atoms with Crippen LogP contribution in [0.1, 0.15) is 31.3 Å². The van der Waals surface area contributed by atoms with Gasteiger partial charge in [-0.25, -0.2) is 9.78 Å². The molecule has 0 saturated heterocycles. The topological polar surface area (TPSA) is 66.9 Å². The minimum absolute atomic E-state index is 0.0159. The highest BCUT2D eigenvalue weighted by molar-refractivity contribution is 6.60. The van der Waals surface area contributed by atoms with Gasteiger partial charge in [0.1, 0.15) is 5.69 Å². The van der Waals surface area contributed by atoms with E-state index in [4.69, 9.17) is 18.0 Å². The first kappa shape index (κ1) is 16.8. The van der Waals surface area contributed by atoms with Gasteiger partial charge in [0.2, 0.25) is 0 Å². The molecule has 1 aromatic rings. The zero-order chi connectivity index (χ0) is 14.8. The monoisotopic (exact) mass is 299 g/mol. The van der Waals surface area contributed by atoms with Crippen LogP contribution in [0.15, 0.2) is 24.4 Å². The maximum absolute atomic E-state index is 11.9. The van der Waals surface area contributed by atoms with Crippen molar-refractivity contribution in [3.8, 4) is 0 Å². The maximum atomic E-state index is 11.9. The first-order valence-electron chi connectivity index (χ1n) is 6.67. The largest absolute Gasteiger partial charge is 0.540 e. The van der Waals surface area contributed by atoms with Gasteiger partial charge in [0, 0.05) is 26.0 Å². The van der Waals surface area contributed by atoms with Crippen molar-refractivity contribution in [1.29, 1.82) is 0 Å². The summed E-state index contributed by atoms with van der Waals surface area (Å²) in [5.74, 6) is -0.512. The summed E-state index contributed by atoms with van der Waals surface area (Å²) >= 11 is 0. The van der Waals surface area contributed by atoms with Gasteiger partial charge in [-0.3, -0.25) is 0 Å². The summed E-state index contributed by atoms with van der Waals surface area (Å²) in [6.07, 6.45) is 1.52. The van der Waals surface area contributed by atoms with Crippen molar-refractivity contribution in [2.24, 2.45) is 0 Å². The van der Waals surface area contributed by atoms with Crippen LogP contribution in [0.25, 0.3) is 0 Å². The molecular weight excluding hydrogens is 278 g/mol. The quantitative estimate of drug-likeness (QED) is 0.512. The highest BCUT2D eigenvalue weighted by Gasteiger charge is 2.42. The Labute approximate surface area is 120 Å². The summed E-state index contributed by atoms with van der Waals surface area (Å²) in [4.78, 5) is 15.8. The van der Waals surface area contributed by atoms with Crippen molar-refractivity contribution in [1.82, 2.24) is 4.98 Å². The molecule has 6 nitrogen and oxygen atoms in total. The Morgan fingerprint density at radius 3 is 2.15 bits per heavy atom. The molecule has 20 heavy (non-hydrogen) atoms. The van der Waals surface area contributed by atoms with Crippen molar-refractivity contribution in [3.05, 3.63) is 30.1 Å². The number of carbonyl (C=O) groups is 1. The molecule has 0 aliphatic rings. The van der Waals surface area contributed by atoms with Crippen LogP contribution in [0.5, 0.6) is 0 Å². The van der Waals surface area contributed by atoms with Gasteiger partial charge in [-0.05, 0) is 32.9 Å². The summed E-state index contributed by atoms with van der Waals surface area (Å²) < 4.78 is 22.0. The predicted molar refractivity (Wildman–Crippen MR) is 75.2 cm³/mol. The third-order valence-electron chi connectivity index (χ3n) is 2.35. The summed E-state index contributed by atoms with van der Waals surface area (Å²) in [7, 11) is -2.96. The van der Waals surface area contributed by atoms with Gasteiger partial charge in [0.25, 0.3) is 0 Å². The van der Waals surface area contributed by atoms with Crippen LogP contribution < -0.4 is 0 Å². The molecule has 1 heterocycles. The number of aromatic nitrogens is 1.